The number of hydrogen-bond donors (Lipinski definition) is 2. The number of nitrogens with one attached hydrogen (secondary N) is 2. The Hall–Kier alpha value is -4.05. The van der Waals surface area contributed by atoms with Crippen LogP contribution in [-0.2, 0) is 22.3 Å². The third kappa shape index (κ3) is 5.54. The van der Waals surface area contributed by atoms with Crippen LogP contribution in [0.15, 0.2) is 64.7 Å². The number of nitrogens with zero attached hydrogens (tertiary/aromatic N) is 3. The average molecular weight is 520 g/mol. The van der Waals surface area contributed by atoms with Crippen LogP contribution < -0.4 is 20.3 Å². The summed E-state index contributed by atoms with van der Waals surface area (Å²) in [6.07, 6.45) is 3.09. The highest BCUT2D eigenvalue weighted by Gasteiger charge is 2.16. The fraction of sp³-hybridized carbons (Fsp3) is 0.259. The lowest BCUT2D eigenvalue weighted by Crippen LogP contribution is -2.32. The fourth-order valence-electron chi connectivity index (χ4n) is 3.93. The van der Waals surface area contributed by atoms with E-state index < -0.39 is 11.0 Å². The Kier molecular flexibility index (Phi) is 7.68. The number of carbonyl (C=O) groups is 1. The summed E-state index contributed by atoms with van der Waals surface area (Å²) in [4.78, 5) is 34.5. The second-order valence-electron chi connectivity index (χ2n) is 8.85. The van der Waals surface area contributed by atoms with Crippen LogP contribution in [0.4, 0.5) is 5.69 Å². The molecule has 2 aromatic carbocycles. The van der Waals surface area contributed by atoms with Crippen molar-refractivity contribution in [2.75, 3.05) is 18.9 Å². The van der Waals surface area contributed by atoms with Crippen LogP contribution in [0.1, 0.15) is 18.1 Å². The molecule has 0 aliphatic rings. The molecular formula is C27H29N5O4S. The molecule has 2 heterocycles. The van der Waals surface area contributed by atoms with E-state index in [1.54, 1.807) is 38.4 Å². The molecule has 0 aliphatic carbocycles. The molecule has 37 heavy (non-hydrogen) atoms. The minimum Gasteiger partial charge on any atom is -0.480 e. The van der Waals surface area contributed by atoms with Gasteiger partial charge in [0.15, 0.2) is 0 Å². The quantitative estimate of drug-likeness (QED) is 0.368. The first-order valence-electron chi connectivity index (χ1n) is 11.7. The van der Waals surface area contributed by atoms with Crippen molar-refractivity contribution < 1.29 is 13.7 Å². The SMILES string of the molecule is CNC(=O)C(C)Cn1cnc2ccc(-c3cnc(OC)c(NS(=O)c4ccc(C)c(C)c4)c3)cc2c1=O. The van der Waals surface area contributed by atoms with E-state index in [2.05, 4.69) is 20.0 Å². The molecule has 2 unspecified atom stereocenters. The molecule has 192 valence electrons. The van der Waals surface area contributed by atoms with Crippen molar-refractivity contribution in [3.8, 4) is 17.0 Å². The second-order valence-corrected chi connectivity index (χ2v) is 10.1. The largest absolute Gasteiger partial charge is 0.480 e. The van der Waals surface area contributed by atoms with Crippen molar-refractivity contribution in [1.29, 1.82) is 0 Å². The zero-order valence-corrected chi connectivity index (χ0v) is 22.2. The number of carbonyl (C=O) groups excluding carboxylic acids is 1. The van der Waals surface area contributed by atoms with Gasteiger partial charge in [-0.2, -0.15) is 0 Å². The Bertz CT molecular complexity index is 1570. The number of pyridine rings is 1. The summed E-state index contributed by atoms with van der Waals surface area (Å²) in [6, 6.07) is 12.8. The molecular weight excluding hydrogens is 490 g/mol. The van der Waals surface area contributed by atoms with Gasteiger partial charge in [0.05, 0.1) is 35.2 Å². The number of ether oxygens (including phenoxy) is 1. The van der Waals surface area contributed by atoms with Crippen molar-refractivity contribution >= 4 is 33.5 Å². The highest BCUT2D eigenvalue weighted by Crippen LogP contribution is 2.30. The predicted octanol–water partition coefficient (Wildman–Crippen LogP) is 3.60. The Morgan fingerprint density at radius 2 is 1.86 bits per heavy atom. The molecule has 9 nitrogen and oxygen atoms in total. The molecule has 2 atom stereocenters. The van der Waals surface area contributed by atoms with Gasteiger partial charge in [-0.3, -0.25) is 18.9 Å². The molecule has 1 amide bonds. The third-order valence-electron chi connectivity index (χ3n) is 6.26. The highest BCUT2D eigenvalue weighted by molar-refractivity contribution is 7.86. The molecule has 0 bridgehead atoms. The summed E-state index contributed by atoms with van der Waals surface area (Å²) in [5, 5.41) is 3.02. The minimum atomic E-state index is -1.54. The van der Waals surface area contributed by atoms with Crippen molar-refractivity contribution in [3.63, 3.8) is 0 Å². The molecule has 0 radical (unpaired) electrons. The average Bonchev–Trinajstić information content (AvgIpc) is 2.91. The van der Waals surface area contributed by atoms with Crippen LogP contribution in [-0.4, -0.2) is 38.8 Å². The predicted molar refractivity (Wildman–Crippen MR) is 145 cm³/mol. The number of aromatic nitrogens is 3. The van der Waals surface area contributed by atoms with Crippen LogP contribution >= 0.6 is 0 Å². The van der Waals surface area contributed by atoms with Gasteiger partial charge in [0.1, 0.15) is 16.7 Å². The summed E-state index contributed by atoms with van der Waals surface area (Å²) >= 11 is 0. The Morgan fingerprint density at radius 1 is 1.08 bits per heavy atom. The first-order chi connectivity index (χ1) is 17.7. The summed E-state index contributed by atoms with van der Waals surface area (Å²) in [5.74, 6) is -0.236. The van der Waals surface area contributed by atoms with Gasteiger partial charge in [0.25, 0.3) is 5.56 Å². The topological polar surface area (TPSA) is 115 Å². The molecule has 2 N–H and O–H groups in total. The van der Waals surface area contributed by atoms with Gasteiger partial charge in [-0.1, -0.05) is 19.1 Å². The number of anilines is 1. The van der Waals surface area contributed by atoms with Crippen molar-refractivity contribution in [1.82, 2.24) is 19.9 Å². The molecule has 2 aromatic heterocycles. The van der Waals surface area contributed by atoms with E-state index in [1.807, 2.05) is 38.1 Å². The number of fused-ring (bicyclic) bond motifs is 1. The number of rotatable bonds is 8. The van der Waals surface area contributed by atoms with Gasteiger partial charge in [-0.05, 0) is 60.9 Å². The van der Waals surface area contributed by atoms with Crippen LogP contribution in [0.2, 0.25) is 0 Å². The number of hydrogen-bond acceptors (Lipinski definition) is 6. The standard InChI is InChI=1S/C27H29N5O4S/c1-16-6-8-21(10-17(16)2)37(35)31-24-12-20(13-29-26(24)36-5)19-7-9-23-22(11-19)27(34)32(15-30-23)14-18(3)25(33)28-4/h6-13,15,18,31H,14H2,1-5H3,(H,28,33). The van der Waals surface area contributed by atoms with Crippen LogP contribution in [0.25, 0.3) is 22.0 Å². The van der Waals surface area contributed by atoms with E-state index in [0.29, 0.717) is 32.9 Å². The third-order valence-corrected chi connectivity index (χ3v) is 7.35. The maximum Gasteiger partial charge on any atom is 0.261 e. The summed E-state index contributed by atoms with van der Waals surface area (Å²) in [6.45, 7) is 5.95. The van der Waals surface area contributed by atoms with Gasteiger partial charge >= 0.3 is 0 Å². The molecule has 4 rings (SSSR count). The van der Waals surface area contributed by atoms with E-state index in [0.717, 1.165) is 16.7 Å². The van der Waals surface area contributed by atoms with Crippen LogP contribution in [0.3, 0.4) is 0 Å². The lowest BCUT2D eigenvalue weighted by Gasteiger charge is -2.14. The molecule has 0 fully saturated rings. The van der Waals surface area contributed by atoms with Crippen molar-refractivity contribution in [3.05, 3.63) is 76.5 Å². The molecule has 0 spiro atoms. The second kappa shape index (κ2) is 10.9. The van der Waals surface area contributed by atoms with E-state index in [4.69, 9.17) is 4.74 Å². The number of methoxy groups -OCH3 is 1. The van der Waals surface area contributed by atoms with Gasteiger partial charge < -0.3 is 10.1 Å². The van der Waals surface area contributed by atoms with E-state index in [-0.39, 0.29) is 23.9 Å². The molecule has 4 aromatic rings. The first kappa shape index (κ1) is 26.0. The minimum absolute atomic E-state index is 0.150. The van der Waals surface area contributed by atoms with E-state index in [9.17, 15) is 13.8 Å². The van der Waals surface area contributed by atoms with Crippen molar-refractivity contribution in [2.24, 2.45) is 5.92 Å². The van der Waals surface area contributed by atoms with Gasteiger partial charge in [0, 0.05) is 25.4 Å². The first-order valence-corrected chi connectivity index (χ1v) is 12.9. The monoisotopic (exact) mass is 519 g/mol. The normalized spacial score (nSPS) is 12.7. The molecule has 0 aliphatic heterocycles. The Balaban J connectivity index is 1.69. The van der Waals surface area contributed by atoms with Crippen LogP contribution in [0, 0.1) is 19.8 Å². The zero-order valence-electron chi connectivity index (χ0n) is 21.4. The lowest BCUT2D eigenvalue weighted by atomic mass is 10.0. The Morgan fingerprint density at radius 3 is 2.57 bits per heavy atom. The maximum atomic E-state index is 13.2. The van der Waals surface area contributed by atoms with E-state index in [1.165, 1.54) is 18.0 Å². The summed E-state index contributed by atoms with van der Waals surface area (Å²) < 4.78 is 22.9. The van der Waals surface area contributed by atoms with Crippen LogP contribution in [0.5, 0.6) is 5.88 Å². The number of aryl methyl sites for hydroxylation is 2. The maximum absolute atomic E-state index is 13.2. The lowest BCUT2D eigenvalue weighted by molar-refractivity contribution is -0.124. The number of benzene rings is 2. The smallest absolute Gasteiger partial charge is 0.261 e. The van der Waals surface area contributed by atoms with Gasteiger partial charge in [-0.15, -0.1) is 0 Å². The van der Waals surface area contributed by atoms with Crippen molar-refractivity contribution in [2.45, 2.75) is 32.2 Å². The van der Waals surface area contributed by atoms with Gasteiger partial charge in [0.2, 0.25) is 11.8 Å². The summed E-state index contributed by atoms with van der Waals surface area (Å²) in [5.41, 5.74) is 4.38. The highest BCUT2D eigenvalue weighted by atomic mass is 32.2. The molecule has 10 heteroatoms. The molecule has 0 saturated carbocycles. The Labute approximate surface area is 217 Å². The summed E-state index contributed by atoms with van der Waals surface area (Å²) in [7, 11) is 1.53. The van der Waals surface area contributed by atoms with Gasteiger partial charge in [-0.25, -0.2) is 14.2 Å². The fourth-order valence-corrected chi connectivity index (χ4v) is 4.87. The zero-order chi connectivity index (χ0) is 26.7. The van der Waals surface area contributed by atoms with E-state index >= 15 is 0 Å². The molecule has 0 saturated heterocycles. The number of amides is 1.